The second kappa shape index (κ2) is 7.55. The van der Waals surface area contributed by atoms with Crippen molar-refractivity contribution < 1.29 is 9.59 Å². The first kappa shape index (κ1) is 17.8. The highest BCUT2D eigenvalue weighted by Gasteiger charge is 2.36. The van der Waals surface area contributed by atoms with Crippen LogP contribution in [0.15, 0.2) is 54.6 Å². The van der Waals surface area contributed by atoms with Gasteiger partial charge in [0.15, 0.2) is 0 Å². The van der Waals surface area contributed by atoms with Crippen LogP contribution in [0.25, 0.3) is 0 Å². The molecule has 0 spiro atoms. The number of amides is 2. The Bertz CT molecular complexity index is 825. The van der Waals surface area contributed by atoms with E-state index in [1.165, 1.54) is 5.56 Å². The molecule has 0 radical (unpaired) electrons. The molecule has 2 aromatic rings. The molecule has 0 N–H and O–H groups in total. The summed E-state index contributed by atoms with van der Waals surface area (Å²) < 4.78 is 0. The van der Waals surface area contributed by atoms with E-state index in [1.54, 1.807) is 4.90 Å². The van der Waals surface area contributed by atoms with Crippen molar-refractivity contribution in [2.45, 2.75) is 38.8 Å². The molecule has 2 heterocycles. The normalized spacial score (nSPS) is 18.5. The summed E-state index contributed by atoms with van der Waals surface area (Å²) in [6.07, 6.45) is 3.14. The van der Waals surface area contributed by atoms with Gasteiger partial charge in [0.05, 0.1) is 0 Å². The van der Waals surface area contributed by atoms with Crippen molar-refractivity contribution >= 4 is 11.8 Å². The van der Waals surface area contributed by atoms with Gasteiger partial charge in [0.2, 0.25) is 5.91 Å². The molecule has 2 aliphatic heterocycles. The lowest BCUT2D eigenvalue weighted by Crippen LogP contribution is -2.49. The van der Waals surface area contributed by atoms with Crippen LogP contribution in [-0.4, -0.2) is 40.7 Å². The maximum atomic E-state index is 13.0. The highest BCUT2D eigenvalue weighted by atomic mass is 16.2. The zero-order chi connectivity index (χ0) is 18.8. The Morgan fingerprint density at radius 3 is 2.41 bits per heavy atom. The third-order valence-corrected chi connectivity index (χ3v) is 5.97. The van der Waals surface area contributed by atoms with Crippen molar-refractivity contribution in [2.75, 3.05) is 13.1 Å². The maximum absolute atomic E-state index is 13.0. The molecule has 0 aliphatic carbocycles. The first-order valence-electron chi connectivity index (χ1n) is 9.85. The highest BCUT2D eigenvalue weighted by Crippen LogP contribution is 2.27. The third-order valence-electron chi connectivity index (χ3n) is 5.97. The van der Waals surface area contributed by atoms with E-state index in [9.17, 15) is 9.59 Å². The predicted octanol–water partition coefficient (Wildman–Crippen LogP) is 3.51. The Labute approximate surface area is 160 Å². The molecular formula is C23H26N2O2. The molecule has 0 saturated carbocycles. The average molecular weight is 362 g/mol. The lowest BCUT2D eigenvalue weighted by Gasteiger charge is -2.35. The minimum Gasteiger partial charge on any atom is -0.341 e. The Hall–Kier alpha value is -2.62. The van der Waals surface area contributed by atoms with Gasteiger partial charge in [0.1, 0.15) is 6.04 Å². The smallest absolute Gasteiger partial charge is 0.255 e. The van der Waals surface area contributed by atoms with Crippen molar-refractivity contribution in [1.29, 1.82) is 0 Å². The molecule has 140 valence electrons. The van der Waals surface area contributed by atoms with Crippen molar-refractivity contribution in [2.24, 2.45) is 5.92 Å². The Balaban J connectivity index is 1.34. The number of hydrogen-bond acceptors (Lipinski definition) is 2. The minimum absolute atomic E-state index is 0.0228. The van der Waals surface area contributed by atoms with Gasteiger partial charge in [-0.15, -0.1) is 0 Å². The third kappa shape index (κ3) is 3.61. The summed E-state index contributed by atoms with van der Waals surface area (Å²) in [5.74, 6) is 0.684. The SMILES string of the molecule is C[C@H](C(=O)N1CCC(Cc2ccccc2)CC1)N1Cc2ccccc2C1=O. The zero-order valence-corrected chi connectivity index (χ0v) is 15.8. The number of nitrogens with zero attached hydrogens (tertiary/aromatic N) is 2. The highest BCUT2D eigenvalue weighted by molar-refractivity contribution is 6.01. The summed E-state index contributed by atoms with van der Waals surface area (Å²) in [4.78, 5) is 29.3. The topological polar surface area (TPSA) is 40.6 Å². The fourth-order valence-corrected chi connectivity index (χ4v) is 4.29. The average Bonchev–Trinajstić information content (AvgIpc) is 3.05. The first-order chi connectivity index (χ1) is 13.1. The van der Waals surface area contributed by atoms with Gasteiger partial charge in [-0.05, 0) is 49.3 Å². The van der Waals surface area contributed by atoms with Crippen LogP contribution in [0.2, 0.25) is 0 Å². The van der Waals surface area contributed by atoms with Crippen LogP contribution < -0.4 is 0 Å². The lowest BCUT2D eigenvalue weighted by molar-refractivity contribution is -0.137. The van der Waals surface area contributed by atoms with Crippen molar-refractivity contribution in [3.63, 3.8) is 0 Å². The Kier molecular flexibility index (Phi) is 4.97. The van der Waals surface area contributed by atoms with Gasteiger partial charge in [0.25, 0.3) is 5.91 Å². The molecule has 2 amide bonds. The Morgan fingerprint density at radius 1 is 1.04 bits per heavy atom. The van der Waals surface area contributed by atoms with Crippen LogP contribution >= 0.6 is 0 Å². The molecule has 4 rings (SSSR count). The van der Waals surface area contributed by atoms with E-state index in [1.807, 2.05) is 42.2 Å². The van der Waals surface area contributed by atoms with Crippen LogP contribution in [0, 0.1) is 5.92 Å². The molecule has 27 heavy (non-hydrogen) atoms. The molecule has 2 aromatic carbocycles. The number of likely N-dealkylation sites (tertiary alicyclic amines) is 1. The summed E-state index contributed by atoms with van der Waals surface area (Å²) in [7, 11) is 0. The van der Waals surface area contributed by atoms with Crippen LogP contribution in [0.1, 0.15) is 41.3 Å². The van der Waals surface area contributed by atoms with Gasteiger partial charge < -0.3 is 9.80 Å². The van der Waals surface area contributed by atoms with Gasteiger partial charge in [0, 0.05) is 25.2 Å². The number of rotatable bonds is 4. The number of carbonyl (C=O) groups excluding carboxylic acids is 2. The number of piperidine rings is 1. The van der Waals surface area contributed by atoms with Gasteiger partial charge in [-0.25, -0.2) is 0 Å². The van der Waals surface area contributed by atoms with E-state index in [2.05, 4.69) is 24.3 Å². The van der Waals surface area contributed by atoms with Gasteiger partial charge in [-0.3, -0.25) is 9.59 Å². The van der Waals surface area contributed by atoms with E-state index < -0.39 is 6.04 Å². The lowest BCUT2D eigenvalue weighted by atomic mass is 9.90. The van der Waals surface area contributed by atoms with Gasteiger partial charge in [-0.2, -0.15) is 0 Å². The molecule has 2 aliphatic rings. The second-order valence-electron chi connectivity index (χ2n) is 7.72. The van der Waals surface area contributed by atoms with Crippen LogP contribution in [0.4, 0.5) is 0 Å². The standard InChI is InChI=1S/C23H26N2O2/c1-17(25-16-20-9-5-6-10-21(20)23(25)27)22(26)24-13-11-19(12-14-24)15-18-7-3-2-4-8-18/h2-10,17,19H,11-16H2,1H3/t17-/m1/s1. The van der Waals surface area contributed by atoms with Gasteiger partial charge in [-0.1, -0.05) is 48.5 Å². The fourth-order valence-electron chi connectivity index (χ4n) is 4.29. The number of fused-ring (bicyclic) bond motifs is 1. The molecular weight excluding hydrogens is 336 g/mol. The molecule has 1 fully saturated rings. The molecule has 4 nitrogen and oxygen atoms in total. The number of hydrogen-bond donors (Lipinski definition) is 0. The zero-order valence-electron chi connectivity index (χ0n) is 15.8. The maximum Gasteiger partial charge on any atom is 0.255 e. The minimum atomic E-state index is -0.407. The molecule has 0 aromatic heterocycles. The van der Waals surface area contributed by atoms with Crippen LogP contribution in [-0.2, 0) is 17.8 Å². The predicted molar refractivity (Wildman–Crippen MR) is 105 cm³/mol. The summed E-state index contributed by atoms with van der Waals surface area (Å²) in [5.41, 5.74) is 3.12. The summed E-state index contributed by atoms with van der Waals surface area (Å²) in [6, 6.07) is 17.8. The largest absolute Gasteiger partial charge is 0.341 e. The fraction of sp³-hybridized carbons (Fsp3) is 0.391. The summed E-state index contributed by atoms with van der Waals surface area (Å²) in [6.45, 7) is 3.97. The van der Waals surface area contributed by atoms with E-state index in [-0.39, 0.29) is 11.8 Å². The Morgan fingerprint density at radius 2 is 1.70 bits per heavy atom. The van der Waals surface area contributed by atoms with E-state index in [0.717, 1.165) is 43.5 Å². The monoisotopic (exact) mass is 362 g/mol. The van der Waals surface area contributed by atoms with Crippen LogP contribution in [0.3, 0.4) is 0 Å². The van der Waals surface area contributed by atoms with Crippen molar-refractivity contribution in [1.82, 2.24) is 9.80 Å². The van der Waals surface area contributed by atoms with Crippen molar-refractivity contribution in [3.05, 3.63) is 71.3 Å². The quantitative estimate of drug-likeness (QED) is 0.835. The second-order valence-corrected chi connectivity index (χ2v) is 7.72. The van der Waals surface area contributed by atoms with Gasteiger partial charge >= 0.3 is 0 Å². The first-order valence-corrected chi connectivity index (χ1v) is 9.85. The summed E-state index contributed by atoms with van der Waals surface area (Å²) in [5, 5.41) is 0. The van der Waals surface area contributed by atoms with Crippen LogP contribution in [0.5, 0.6) is 0 Å². The van der Waals surface area contributed by atoms with Crippen molar-refractivity contribution in [3.8, 4) is 0 Å². The number of benzene rings is 2. The van der Waals surface area contributed by atoms with E-state index in [0.29, 0.717) is 12.5 Å². The van der Waals surface area contributed by atoms with E-state index in [4.69, 9.17) is 0 Å². The molecule has 1 saturated heterocycles. The van der Waals surface area contributed by atoms with E-state index >= 15 is 0 Å². The number of carbonyl (C=O) groups is 2. The molecule has 1 atom stereocenters. The summed E-state index contributed by atoms with van der Waals surface area (Å²) >= 11 is 0. The molecule has 0 bridgehead atoms. The molecule has 4 heteroatoms. The molecule has 0 unspecified atom stereocenters.